The van der Waals surface area contributed by atoms with Crippen LogP contribution in [0.3, 0.4) is 0 Å². The van der Waals surface area contributed by atoms with Gasteiger partial charge in [0.2, 0.25) is 0 Å². The van der Waals surface area contributed by atoms with Crippen LogP contribution >= 0.6 is 11.6 Å². The molecule has 0 bridgehead atoms. The standard InChI is InChI=1S/C15H24ClN5/c1-5-13-15(16)14(21(6-2)19-13)10-20-9-12(8-18-20)7-17-11(3)4/h8-9,11,17H,5-7,10H2,1-4H3. The molecule has 0 aromatic carbocycles. The summed E-state index contributed by atoms with van der Waals surface area (Å²) in [7, 11) is 0. The van der Waals surface area contributed by atoms with Crippen LogP contribution in [0.4, 0.5) is 0 Å². The zero-order valence-electron chi connectivity index (χ0n) is 13.2. The van der Waals surface area contributed by atoms with Crippen LogP contribution < -0.4 is 5.32 Å². The van der Waals surface area contributed by atoms with Gasteiger partial charge in [0.25, 0.3) is 0 Å². The van der Waals surface area contributed by atoms with Gasteiger partial charge in [-0.3, -0.25) is 9.36 Å². The fraction of sp³-hybridized carbons (Fsp3) is 0.600. The van der Waals surface area contributed by atoms with E-state index in [0.29, 0.717) is 12.6 Å². The molecule has 2 heterocycles. The van der Waals surface area contributed by atoms with Crippen molar-refractivity contribution in [2.24, 2.45) is 0 Å². The highest BCUT2D eigenvalue weighted by Gasteiger charge is 2.15. The summed E-state index contributed by atoms with van der Waals surface area (Å²) in [4.78, 5) is 0. The van der Waals surface area contributed by atoms with Crippen molar-refractivity contribution in [2.45, 2.75) is 59.8 Å². The Morgan fingerprint density at radius 3 is 2.71 bits per heavy atom. The van der Waals surface area contributed by atoms with Crippen LogP contribution in [0.25, 0.3) is 0 Å². The van der Waals surface area contributed by atoms with Crippen LogP contribution in [-0.4, -0.2) is 25.6 Å². The van der Waals surface area contributed by atoms with Gasteiger partial charge in [-0.1, -0.05) is 32.4 Å². The second-order valence-corrected chi connectivity index (χ2v) is 5.84. The minimum Gasteiger partial charge on any atom is -0.310 e. The number of nitrogens with one attached hydrogen (secondary N) is 1. The maximum absolute atomic E-state index is 6.43. The van der Waals surface area contributed by atoms with E-state index in [1.807, 2.05) is 15.6 Å². The predicted octanol–water partition coefficient (Wildman–Crippen LogP) is 2.86. The number of halogens is 1. The van der Waals surface area contributed by atoms with E-state index in [-0.39, 0.29) is 0 Å². The molecule has 0 unspecified atom stereocenters. The fourth-order valence-corrected chi connectivity index (χ4v) is 2.56. The molecular formula is C15H24ClN5. The third-order valence-electron chi connectivity index (χ3n) is 3.41. The maximum Gasteiger partial charge on any atom is 0.0869 e. The van der Waals surface area contributed by atoms with E-state index < -0.39 is 0 Å². The predicted molar refractivity (Wildman–Crippen MR) is 85.6 cm³/mol. The molecule has 0 radical (unpaired) electrons. The molecule has 0 atom stereocenters. The Labute approximate surface area is 131 Å². The van der Waals surface area contributed by atoms with Crippen molar-refractivity contribution in [1.29, 1.82) is 0 Å². The summed E-state index contributed by atoms with van der Waals surface area (Å²) in [6.45, 7) is 10.7. The molecule has 0 aliphatic rings. The molecule has 21 heavy (non-hydrogen) atoms. The number of hydrogen-bond acceptors (Lipinski definition) is 3. The van der Waals surface area contributed by atoms with Crippen molar-refractivity contribution in [1.82, 2.24) is 24.9 Å². The Morgan fingerprint density at radius 1 is 1.33 bits per heavy atom. The van der Waals surface area contributed by atoms with Crippen molar-refractivity contribution in [3.63, 3.8) is 0 Å². The van der Waals surface area contributed by atoms with Gasteiger partial charge in [-0.15, -0.1) is 0 Å². The molecule has 0 aliphatic carbocycles. The van der Waals surface area contributed by atoms with Crippen LogP contribution in [0, 0.1) is 0 Å². The highest BCUT2D eigenvalue weighted by molar-refractivity contribution is 6.31. The van der Waals surface area contributed by atoms with Gasteiger partial charge in [-0.25, -0.2) is 0 Å². The first-order valence-corrected chi connectivity index (χ1v) is 7.91. The number of aromatic nitrogens is 4. The smallest absolute Gasteiger partial charge is 0.0869 e. The zero-order valence-corrected chi connectivity index (χ0v) is 14.0. The Balaban J connectivity index is 2.13. The van der Waals surface area contributed by atoms with E-state index >= 15 is 0 Å². The Hall–Kier alpha value is -1.33. The summed E-state index contributed by atoms with van der Waals surface area (Å²) >= 11 is 6.43. The van der Waals surface area contributed by atoms with Crippen molar-refractivity contribution in [3.8, 4) is 0 Å². The van der Waals surface area contributed by atoms with Gasteiger partial charge in [0.15, 0.2) is 0 Å². The van der Waals surface area contributed by atoms with Crippen LogP contribution in [0.2, 0.25) is 5.02 Å². The molecule has 2 rings (SSSR count). The Morgan fingerprint density at radius 2 is 2.10 bits per heavy atom. The summed E-state index contributed by atoms with van der Waals surface area (Å²) in [5.41, 5.74) is 3.17. The molecule has 5 nitrogen and oxygen atoms in total. The van der Waals surface area contributed by atoms with E-state index in [4.69, 9.17) is 11.6 Å². The third-order valence-corrected chi connectivity index (χ3v) is 3.84. The van der Waals surface area contributed by atoms with E-state index in [1.54, 1.807) is 0 Å². The quantitative estimate of drug-likeness (QED) is 0.855. The summed E-state index contributed by atoms with van der Waals surface area (Å²) in [5.74, 6) is 0. The average molecular weight is 310 g/mol. The zero-order chi connectivity index (χ0) is 15.4. The molecule has 0 saturated carbocycles. The molecule has 6 heteroatoms. The Bertz CT molecular complexity index is 585. The Kier molecular flexibility index (Phi) is 5.42. The van der Waals surface area contributed by atoms with E-state index in [1.165, 1.54) is 5.56 Å². The van der Waals surface area contributed by atoms with Crippen molar-refractivity contribution in [3.05, 3.63) is 34.4 Å². The first kappa shape index (κ1) is 16.0. The van der Waals surface area contributed by atoms with Gasteiger partial charge in [-0.05, 0) is 13.3 Å². The number of nitrogens with zero attached hydrogens (tertiary/aromatic N) is 4. The topological polar surface area (TPSA) is 47.7 Å². The minimum absolute atomic E-state index is 0.469. The summed E-state index contributed by atoms with van der Waals surface area (Å²) in [6.07, 6.45) is 4.81. The lowest BCUT2D eigenvalue weighted by atomic mass is 10.3. The molecule has 2 aromatic heterocycles. The van der Waals surface area contributed by atoms with Crippen LogP contribution in [0.1, 0.15) is 44.6 Å². The maximum atomic E-state index is 6.43. The van der Waals surface area contributed by atoms with Crippen molar-refractivity contribution in [2.75, 3.05) is 0 Å². The fourth-order valence-electron chi connectivity index (χ4n) is 2.23. The van der Waals surface area contributed by atoms with Gasteiger partial charge in [0.05, 0.1) is 29.2 Å². The van der Waals surface area contributed by atoms with E-state index in [0.717, 1.165) is 35.9 Å². The van der Waals surface area contributed by atoms with Gasteiger partial charge >= 0.3 is 0 Å². The second kappa shape index (κ2) is 7.09. The van der Waals surface area contributed by atoms with Gasteiger partial charge in [0, 0.05) is 30.9 Å². The molecule has 0 fully saturated rings. The molecular weight excluding hydrogens is 286 g/mol. The molecule has 0 amide bonds. The lowest BCUT2D eigenvalue weighted by molar-refractivity contribution is 0.571. The SMILES string of the molecule is CCc1nn(CC)c(Cn2cc(CNC(C)C)cn2)c1Cl. The first-order valence-electron chi connectivity index (χ1n) is 7.53. The molecule has 0 saturated heterocycles. The summed E-state index contributed by atoms with van der Waals surface area (Å²) < 4.78 is 3.89. The van der Waals surface area contributed by atoms with E-state index in [9.17, 15) is 0 Å². The van der Waals surface area contributed by atoms with Gasteiger partial charge in [-0.2, -0.15) is 10.2 Å². The lowest BCUT2D eigenvalue weighted by Gasteiger charge is -2.06. The first-order chi connectivity index (χ1) is 10.0. The van der Waals surface area contributed by atoms with Gasteiger partial charge in [0.1, 0.15) is 0 Å². The molecule has 2 aromatic rings. The van der Waals surface area contributed by atoms with Gasteiger partial charge < -0.3 is 5.32 Å². The third kappa shape index (κ3) is 3.86. The summed E-state index contributed by atoms with van der Waals surface area (Å²) in [6, 6.07) is 0.469. The number of rotatable bonds is 7. The molecule has 116 valence electrons. The van der Waals surface area contributed by atoms with Crippen molar-refractivity contribution >= 4 is 11.6 Å². The summed E-state index contributed by atoms with van der Waals surface area (Å²) in [5, 5.41) is 13.1. The van der Waals surface area contributed by atoms with Crippen LogP contribution in [0.5, 0.6) is 0 Å². The second-order valence-electron chi connectivity index (χ2n) is 5.46. The largest absolute Gasteiger partial charge is 0.310 e. The lowest BCUT2D eigenvalue weighted by Crippen LogP contribution is -2.21. The highest BCUT2D eigenvalue weighted by atomic mass is 35.5. The normalized spacial score (nSPS) is 11.5. The van der Waals surface area contributed by atoms with E-state index in [2.05, 4.69) is 49.4 Å². The van der Waals surface area contributed by atoms with Crippen molar-refractivity contribution < 1.29 is 0 Å². The average Bonchev–Trinajstić information content (AvgIpc) is 3.03. The number of aryl methyl sites for hydroxylation is 2. The van der Waals surface area contributed by atoms with Crippen LogP contribution in [0.15, 0.2) is 12.4 Å². The monoisotopic (exact) mass is 309 g/mol. The minimum atomic E-state index is 0.469. The number of hydrogen-bond donors (Lipinski definition) is 1. The molecule has 1 N–H and O–H groups in total. The molecule has 0 aliphatic heterocycles. The molecule has 0 spiro atoms. The van der Waals surface area contributed by atoms with Crippen LogP contribution in [-0.2, 0) is 26.1 Å². The highest BCUT2D eigenvalue weighted by Crippen LogP contribution is 2.22.